The number of methoxy groups -OCH3 is 2. The molecule has 3 N–H and O–H groups in total. The van der Waals surface area contributed by atoms with E-state index in [-0.39, 0.29) is 5.91 Å². The molecular formula is C23H30N4O4. The van der Waals surface area contributed by atoms with Crippen molar-refractivity contribution in [1.29, 1.82) is 0 Å². The van der Waals surface area contributed by atoms with Gasteiger partial charge in [-0.1, -0.05) is 6.92 Å². The third kappa shape index (κ3) is 5.59. The zero-order chi connectivity index (χ0) is 22.2. The lowest BCUT2D eigenvalue weighted by Gasteiger charge is -2.22. The molecular weight excluding hydrogens is 396 g/mol. The molecule has 0 aromatic heterocycles. The van der Waals surface area contributed by atoms with E-state index in [1.807, 2.05) is 19.1 Å². The second-order valence-corrected chi connectivity index (χ2v) is 7.33. The van der Waals surface area contributed by atoms with Crippen LogP contribution < -0.4 is 30.3 Å². The summed E-state index contributed by atoms with van der Waals surface area (Å²) in [6.45, 7) is 4.47. The van der Waals surface area contributed by atoms with Crippen molar-refractivity contribution in [3.05, 3.63) is 42.0 Å². The number of rotatable bonds is 8. The number of nitrogens with one attached hydrogen (secondary N) is 3. The van der Waals surface area contributed by atoms with Crippen LogP contribution in [0.4, 0.5) is 21.9 Å². The number of hydrogen-bond donors (Lipinski definition) is 3. The highest BCUT2D eigenvalue weighted by Crippen LogP contribution is 2.30. The molecule has 0 bridgehead atoms. The van der Waals surface area contributed by atoms with E-state index in [0.29, 0.717) is 35.0 Å². The number of nitrogens with zero attached hydrogens (tertiary/aromatic N) is 1. The van der Waals surface area contributed by atoms with Crippen molar-refractivity contribution in [2.45, 2.75) is 26.2 Å². The first-order valence-corrected chi connectivity index (χ1v) is 10.5. The molecule has 8 heteroatoms. The maximum atomic E-state index is 12.8. The van der Waals surface area contributed by atoms with Crippen LogP contribution in [0.1, 0.15) is 36.5 Å². The fraction of sp³-hybridized carbons (Fsp3) is 0.391. The summed E-state index contributed by atoms with van der Waals surface area (Å²) in [4.78, 5) is 27.6. The van der Waals surface area contributed by atoms with Gasteiger partial charge >= 0.3 is 6.03 Å². The first kappa shape index (κ1) is 22.3. The minimum Gasteiger partial charge on any atom is -0.497 e. The Morgan fingerprint density at radius 2 is 1.77 bits per heavy atom. The fourth-order valence-corrected chi connectivity index (χ4v) is 3.55. The Hall–Kier alpha value is -3.42. The van der Waals surface area contributed by atoms with Crippen LogP contribution in [0.25, 0.3) is 0 Å². The number of benzene rings is 2. The number of urea groups is 1. The summed E-state index contributed by atoms with van der Waals surface area (Å²) in [5.74, 6) is 0.978. The lowest BCUT2D eigenvalue weighted by atomic mass is 10.1. The Morgan fingerprint density at radius 1 is 1.00 bits per heavy atom. The highest BCUT2D eigenvalue weighted by Gasteiger charge is 2.20. The number of ether oxygens (including phenoxy) is 2. The molecule has 1 saturated heterocycles. The van der Waals surface area contributed by atoms with Gasteiger partial charge in [0.05, 0.1) is 25.5 Å². The molecule has 3 rings (SSSR count). The average molecular weight is 427 g/mol. The third-order valence-corrected chi connectivity index (χ3v) is 5.14. The largest absolute Gasteiger partial charge is 0.497 e. The first-order chi connectivity index (χ1) is 15.0. The van der Waals surface area contributed by atoms with Gasteiger partial charge in [0.1, 0.15) is 11.5 Å². The quantitative estimate of drug-likeness (QED) is 0.591. The summed E-state index contributed by atoms with van der Waals surface area (Å²) in [6.07, 6.45) is 3.08. The second kappa shape index (κ2) is 10.6. The van der Waals surface area contributed by atoms with Crippen LogP contribution in [0.2, 0.25) is 0 Å². The van der Waals surface area contributed by atoms with Gasteiger partial charge in [0.2, 0.25) is 0 Å². The van der Waals surface area contributed by atoms with Crippen molar-refractivity contribution in [3.63, 3.8) is 0 Å². The van der Waals surface area contributed by atoms with Crippen LogP contribution in [0.15, 0.2) is 36.4 Å². The van der Waals surface area contributed by atoms with Gasteiger partial charge in [-0.05, 0) is 49.6 Å². The molecule has 2 aromatic rings. The molecule has 0 spiro atoms. The minimum atomic E-state index is -0.433. The van der Waals surface area contributed by atoms with Gasteiger partial charge in [-0.25, -0.2) is 4.79 Å². The number of carbonyl (C=O) groups is 2. The first-order valence-electron chi connectivity index (χ1n) is 10.5. The Kier molecular flexibility index (Phi) is 7.59. The predicted molar refractivity (Wildman–Crippen MR) is 123 cm³/mol. The zero-order valence-electron chi connectivity index (χ0n) is 18.3. The summed E-state index contributed by atoms with van der Waals surface area (Å²) < 4.78 is 10.5. The Bertz CT molecular complexity index is 926. The maximum absolute atomic E-state index is 12.8. The van der Waals surface area contributed by atoms with Crippen LogP contribution in [0, 0.1) is 0 Å². The van der Waals surface area contributed by atoms with Crippen LogP contribution in [0.3, 0.4) is 0 Å². The summed E-state index contributed by atoms with van der Waals surface area (Å²) in [5, 5.41) is 8.51. The number of anilines is 3. The monoisotopic (exact) mass is 426 g/mol. The summed E-state index contributed by atoms with van der Waals surface area (Å²) in [7, 11) is 3.09. The molecule has 1 fully saturated rings. The van der Waals surface area contributed by atoms with Crippen molar-refractivity contribution >= 4 is 29.0 Å². The molecule has 2 aromatic carbocycles. The number of amides is 3. The molecule has 31 heavy (non-hydrogen) atoms. The van der Waals surface area contributed by atoms with E-state index in [2.05, 4.69) is 20.9 Å². The molecule has 8 nitrogen and oxygen atoms in total. The highest BCUT2D eigenvalue weighted by molar-refractivity contribution is 6.04. The molecule has 3 amide bonds. The summed E-state index contributed by atoms with van der Waals surface area (Å²) in [5.41, 5.74) is 2.51. The summed E-state index contributed by atoms with van der Waals surface area (Å²) >= 11 is 0. The zero-order valence-corrected chi connectivity index (χ0v) is 18.3. The highest BCUT2D eigenvalue weighted by atomic mass is 16.5. The SMILES string of the molecule is CCCNC(=O)c1cc(NC(=O)Nc2ccc(OC)cc2OC)ccc1N1CCCC1. The van der Waals surface area contributed by atoms with Crippen molar-refractivity contribution in [2.75, 3.05) is 49.4 Å². The van der Waals surface area contributed by atoms with E-state index in [9.17, 15) is 9.59 Å². The fourth-order valence-electron chi connectivity index (χ4n) is 3.55. The Labute approximate surface area is 182 Å². The molecule has 0 radical (unpaired) electrons. The van der Waals surface area contributed by atoms with E-state index >= 15 is 0 Å². The van der Waals surface area contributed by atoms with Gasteiger partial charge in [-0.3, -0.25) is 4.79 Å². The van der Waals surface area contributed by atoms with Crippen molar-refractivity contribution in [3.8, 4) is 11.5 Å². The predicted octanol–water partition coefficient (Wildman–Crippen LogP) is 4.09. The van der Waals surface area contributed by atoms with Gasteiger partial charge < -0.3 is 30.3 Å². The topological polar surface area (TPSA) is 91.9 Å². The Balaban J connectivity index is 1.77. The molecule has 0 aliphatic carbocycles. The standard InChI is InChI=1S/C23H30N4O4/c1-4-11-24-22(28)18-14-16(7-10-20(18)27-12-5-6-13-27)25-23(29)26-19-9-8-17(30-2)15-21(19)31-3/h7-10,14-15H,4-6,11-13H2,1-3H3,(H,24,28)(H2,25,26,29). The minimum absolute atomic E-state index is 0.135. The molecule has 1 aliphatic heterocycles. The van der Waals surface area contributed by atoms with Gasteiger partial charge in [-0.15, -0.1) is 0 Å². The van der Waals surface area contributed by atoms with E-state index < -0.39 is 6.03 Å². The van der Waals surface area contributed by atoms with Crippen molar-refractivity contribution in [1.82, 2.24) is 5.32 Å². The number of carbonyl (C=O) groups excluding carboxylic acids is 2. The van der Waals surface area contributed by atoms with E-state index in [1.54, 1.807) is 31.4 Å². The normalized spacial score (nSPS) is 12.9. The van der Waals surface area contributed by atoms with Crippen LogP contribution in [-0.4, -0.2) is 45.8 Å². The maximum Gasteiger partial charge on any atom is 0.323 e. The smallest absolute Gasteiger partial charge is 0.323 e. The van der Waals surface area contributed by atoms with Gasteiger partial charge in [0.25, 0.3) is 5.91 Å². The molecule has 0 atom stereocenters. The van der Waals surface area contributed by atoms with E-state index in [1.165, 1.54) is 7.11 Å². The van der Waals surface area contributed by atoms with Crippen molar-refractivity contribution in [2.24, 2.45) is 0 Å². The molecule has 166 valence electrons. The average Bonchev–Trinajstić information content (AvgIpc) is 3.32. The van der Waals surface area contributed by atoms with Crippen LogP contribution in [0.5, 0.6) is 11.5 Å². The van der Waals surface area contributed by atoms with E-state index in [0.717, 1.165) is 38.0 Å². The third-order valence-electron chi connectivity index (χ3n) is 5.14. The van der Waals surface area contributed by atoms with Gasteiger partial charge in [-0.2, -0.15) is 0 Å². The Morgan fingerprint density at radius 3 is 2.45 bits per heavy atom. The number of hydrogen-bond acceptors (Lipinski definition) is 5. The molecule has 1 heterocycles. The second-order valence-electron chi connectivity index (χ2n) is 7.33. The van der Waals surface area contributed by atoms with Gasteiger partial charge in [0.15, 0.2) is 0 Å². The van der Waals surface area contributed by atoms with Crippen molar-refractivity contribution < 1.29 is 19.1 Å². The lowest BCUT2D eigenvalue weighted by molar-refractivity contribution is 0.0954. The van der Waals surface area contributed by atoms with Crippen LogP contribution in [-0.2, 0) is 0 Å². The summed E-state index contributed by atoms with van der Waals surface area (Å²) in [6, 6.07) is 10.1. The lowest BCUT2D eigenvalue weighted by Crippen LogP contribution is -2.28. The molecule has 0 saturated carbocycles. The molecule has 1 aliphatic rings. The molecule has 0 unspecified atom stereocenters. The van der Waals surface area contributed by atoms with Crippen LogP contribution >= 0.6 is 0 Å². The van der Waals surface area contributed by atoms with Gasteiger partial charge in [0, 0.05) is 37.1 Å². The van der Waals surface area contributed by atoms with E-state index in [4.69, 9.17) is 9.47 Å².